The van der Waals surface area contributed by atoms with Crippen LogP contribution in [0.15, 0.2) is 16.7 Å². The van der Waals surface area contributed by atoms with Crippen LogP contribution in [0.3, 0.4) is 0 Å². The Labute approximate surface area is 87.7 Å². The van der Waals surface area contributed by atoms with Crippen LogP contribution in [-0.2, 0) is 0 Å². The van der Waals surface area contributed by atoms with Crippen LogP contribution >= 0.6 is 15.9 Å². The highest BCUT2D eigenvalue weighted by Crippen LogP contribution is 2.26. The van der Waals surface area contributed by atoms with Crippen LogP contribution in [0.1, 0.15) is 38.2 Å². The van der Waals surface area contributed by atoms with Crippen LogP contribution in [0.4, 0.5) is 5.82 Å². The molecule has 0 aromatic carbocycles. The molecule has 1 aromatic rings. The van der Waals surface area contributed by atoms with Crippen molar-refractivity contribution in [2.75, 3.05) is 5.73 Å². The SMILES string of the molecule is CCC(CC)c1cnc(N)c(Br)c1. The van der Waals surface area contributed by atoms with Crippen molar-refractivity contribution in [2.45, 2.75) is 32.6 Å². The lowest BCUT2D eigenvalue weighted by Gasteiger charge is -2.12. The highest BCUT2D eigenvalue weighted by Gasteiger charge is 2.08. The van der Waals surface area contributed by atoms with Gasteiger partial charge in [0.25, 0.3) is 0 Å². The number of hydrogen-bond acceptors (Lipinski definition) is 2. The number of hydrogen-bond donors (Lipinski definition) is 1. The molecule has 2 nitrogen and oxygen atoms in total. The van der Waals surface area contributed by atoms with E-state index < -0.39 is 0 Å². The van der Waals surface area contributed by atoms with E-state index in [1.54, 1.807) is 0 Å². The minimum Gasteiger partial charge on any atom is -0.383 e. The molecule has 0 atom stereocenters. The van der Waals surface area contributed by atoms with E-state index in [1.165, 1.54) is 5.56 Å². The molecule has 0 amide bonds. The maximum Gasteiger partial charge on any atom is 0.137 e. The average Bonchev–Trinajstić information content (AvgIpc) is 2.13. The number of nitrogen functional groups attached to an aromatic ring is 1. The van der Waals surface area contributed by atoms with E-state index in [0.717, 1.165) is 17.3 Å². The number of rotatable bonds is 3. The molecule has 13 heavy (non-hydrogen) atoms. The van der Waals surface area contributed by atoms with Crippen LogP contribution in [0.25, 0.3) is 0 Å². The van der Waals surface area contributed by atoms with Crippen molar-refractivity contribution in [2.24, 2.45) is 0 Å². The molecule has 0 saturated heterocycles. The molecule has 1 rings (SSSR count). The molecule has 3 heteroatoms. The zero-order chi connectivity index (χ0) is 9.84. The lowest BCUT2D eigenvalue weighted by molar-refractivity contribution is 0.639. The van der Waals surface area contributed by atoms with Crippen LogP contribution in [0.5, 0.6) is 0 Å². The summed E-state index contributed by atoms with van der Waals surface area (Å²) < 4.78 is 0.900. The van der Waals surface area contributed by atoms with E-state index in [1.807, 2.05) is 6.20 Å². The van der Waals surface area contributed by atoms with Crippen molar-refractivity contribution in [3.63, 3.8) is 0 Å². The maximum absolute atomic E-state index is 5.61. The molecule has 0 saturated carbocycles. The first-order chi connectivity index (χ1) is 6.19. The Balaban J connectivity index is 2.95. The van der Waals surface area contributed by atoms with Gasteiger partial charge in [-0.2, -0.15) is 0 Å². The van der Waals surface area contributed by atoms with E-state index in [9.17, 15) is 0 Å². The topological polar surface area (TPSA) is 38.9 Å². The van der Waals surface area contributed by atoms with Crippen molar-refractivity contribution >= 4 is 21.7 Å². The minimum atomic E-state index is 0.565. The molecule has 0 spiro atoms. The van der Waals surface area contributed by atoms with Crippen LogP contribution < -0.4 is 5.73 Å². The number of nitrogens with zero attached hydrogens (tertiary/aromatic N) is 1. The summed E-state index contributed by atoms with van der Waals surface area (Å²) in [6, 6.07) is 2.07. The van der Waals surface area contributed by atoms with Gasteiger partial charge in [0.1, 0.15) is 5.82 Å². The predicted octanol–water partition coefficient (Wildman–Crippen LogP) is 3.33. The highest BCUT2D eigenvalue weighted by atomic mass is 79.9. The Morgan fingerprint density at radius 2 is 2.08 bits per heavy atom. The van der Waals surface area contributed by atoms with E-state index in [-0.39, 0.29) is 0 Å². The summed E-state index contributed by atoms with van der Waals surface area (Å²) in [5, 5.41) is 0. The summed E-state index contributed by atoms with van der Waals surface area (Å²) in [5.74, 6) is 1.17. The van der Waals surface area contributed by atoms with E-state index in [2.05, 4.69) is 40.8 Å². The van der Waals surface area contributed by atoms with Crippen molar-refractivity contribution in [3.8, 4) is 0 Å². The lowest BCUT2D eigenvalue weighted by Crippen LogP contribution is -1.99. The fourth-order valence-electron chi connectivity index (χ4n) is 1.45. The summed E-state index contributed by atoms with van der Waals surface area (Å²) in [4.78, 5) is 4.13. The number of nitrogens with two attached hydrogens (primary N) is 1. The largest absolute Gasteiger partial charge is 0.383 e. The summed E-state index contributed by atoms with van der Waals surface area (Å²) in [7, 11) is 0. The lowest BCUT2D eigenvalue weighted by atomic mass is 9.96. The number of halogens is 1. The standard InChI is InChI=1S/C10H15BrN2/c1-3-7(4-2)8-5-9(11)10(12)13-6-8/h5-7H,3-4H2,1-2H3,(H2,12,13). The highest BCUT2D eigenvalue weighted by molar-refractivity contribution is 9.10. The molecule has 2 N–H and O–H groups in total. The van der Waals surface area contributed by atoms with Crippen molar-refractivity contribution in [1.29, 1.82) is 0 Å². The maximum atomic E-state index is 5.61. The second-order valence-corrected chi connectivity index (χ2v) is 4.00. The van der Waals surface area contributed by atoms with Gasteiger partial charge in [0.15, 0.2) is 0 Å². The average molecular weight is 243 g/mol. The van der Waals surface area contributed by atoms with E-state index in [0.29, 0.717) is 11.7 Å². The fraction of sp³-hybridized carbons (Fsp3) is 0.500. The molecule has 0 bridgehead atoms. The Kier molecular flexibility index (Phi) is 3.72. The molecule has 72 valence electrons. The molecule has 0 aliphatic rings. The van der Waals surface area contributed by atoms with Gasteiger partial charge in [-0.15, -0.1) is 0 Å². The normalized spacial score (nSPS) is 10.8. The Hall–Kier alpha value is -0.570. The Morgan fingerprint density at radius 3 is 2.54 bits per heavy atom. The fourth-order valence-corrected chi connectivity index (χ4v) is 1.81. The Morgan fingerprint density at radius 1 is 1.46 bits per heavy atom. The zero-order valence-electron chi connectivity index (χ0n) is 8.05. The summed E-state index contributed by atoms with van der Waals surface area (Å²) in [6.07, 6.45) is 4.17. The van der Waals surface area contributed by atoms with E-state index >= 15 is 0 Å². The molecule has 0 fully saturated rings. The number of pyridine rings is 1. The van der Waals surface area contributed by atoms with Gasteiger partial charge in [-0.3, -0.25) is 0 Å². The number of aromatic nitrogens is 1. The van der Waals surface area contributed by atoms with Crippen molar-refractivity contribution < 1.29 is 0 Å². The van der Waals surface area contributed by atoms with E-state index in [4.69, 9.17) is 5.73 Å². The first-order valence-corrected chi connectivity index (χ1v) is 5.39. The molecular formula is C10H15BrN2. The van der Waals surface area contributed by atoms with Gasteiger partial charge in [-0.25, -0.2) is 4.98 Å². The summed E-state index contributed by atoms with van der Waals surface area (Å²) in [6.45, 7) is 4.39. The summed E-state index contributed by atoms with van der Waals surface area (Å²) in [5.41, 5.74) is 6.88. The third-order valence-corrected chi connectivity index (χ3v) is 2.98. The Bertz CT molecular complexity index is 282. The third kappa shape index (κ3) is 2.44. The van der Waals surface area contributed by atoms with Crippen LogP contribution in [0.2, 0.25) is 0 Å². The second-order valence-electron chi connectivity index (χ2n) is 3.15. The van der Waals surface area contributed by atoms with Crippen molar-refractivity contribution in [3.05, 3.63) is 22.3 Å². The van der Waals surface area contributed by atoms with Crippen molar-refractivity contribution in [1.82, 2.24) is 4.98 Å². The molecular weight excluding hydrogens is 228 g/mol. The van der Waals surface area contributed by atoms with Gasteiger partial charge in [0, 0.05) is 6.20 Å². The molecule has 0 aliphatic heterocycles. The molecule has 1 heterocycles. The molecule has 0 unspecified atom stereocenters. The second kappa shape index (κ2) is 4.61. The zero-order valence-corrected chi connectivity index (χ0v) is 9.63. The van der Waals surface area contributed by atoms with Gasteiger partial charge < -0.3 is 5.73 Å². The molecule has 0 radical (unpaired) electrons. The monoisotopic (exact) mass is 242 g/mol. The molecule has 0 aliphatic carbocycles. The summed E-state index contributed by atoms with van der Waals surface area (Å²) >= 11 is 3.39. The van der Waals surface area contributed by atoms with Gasteiger partial charge in [0.2, 0.25) is 0 Å². The van der Waals surface area contributed by atoms with Gasteiger partial charge in [-0.05, 0) is 46.3 Å². The molecule has 1 aromatic heterocycles. The smallest absolute Gasteiger partial charge is 0.137 e. The first-order valence-electron chi connectivity index (χ1n) is 4.59. The number of anilines is 1. The predicted molar refractivity (Wildman–Crippen MR) is 59.7 cm³/mol. The first kappa shape index (κ1) is 10.5. The van der Waals surface area contributed by atoms with Gasteiger partial charge in [-0.1, -0.05) is 13.8 Å². The van der Waals surface area contributed by atoms with Crippen LogP contribution in [0, 0.1) is 0 Å². The quantitative estimate of drug-likeness (QED) is 0.884. The van der Waals surface area contributed by atoms with Gasteiger partial charge in [0.05, 0.1) is 4.47 Å². The third-order valence-electron chi connectivity index (χ3n) is 2.35. The van der Waals surface area contributed by atoms with Gasteiger partial charge >= 0.3 is 0 Å². The van der Waals surface area contributed by atoms with Crippen LogP contribution in [-0.4, -0.2) is 4.98 Å². The minimum absolute atomic E-state index is 0.565.